The third-order valence-corrected chi connectivity index (χ3v) is 4.79. The van der Waals surface area contributed by atoms with Gasteiger partial charge in [-0.1, -0.05) is 12.1 Å². The van der Waals surface area contributed by atoms with Gasteiger partial charge in [-0.15, -0.1) is 24.0 Å². The highest BCUT2D eigenvalue weighted by Crippen LogP contribution is 2.19. The van der Waals surface area contributed by atoms with Crippen molar-refractivity contribution in [1.82, 2.24) is 25.4 Å². The highest BCUT2D eigenvalue weighted by molar-refractivity contribution is 14.0. The van der Waals surface area contributed by atoms with Crippen LogP contribution in [0.4, 0.5) is 0 Å². The highest BCUT2D eigenvalue weighted by Gasteiger charge is 2.21. The maximum absolute atomic E-state index is 5.41. The van der Waals surface area contributed by atoms with Gasteiger partial charge in [-0.2, -0.15) is 5.10 Å². The molecule has 8 heteroatoms. The molecule has 1 aromatic heterocycles. The first-order valence-electron chi connectivity index (χ1n) is 9.67. The van der Waals surface area contributed by atoms with E-state index in [1.807, 2.05) is 11.6 Å². The number of nitrogens with zero attached hydrogens (tertiary/aromatic N) is 4. The highest BCUT2D eigenvalue weighted by atomic mass is 127. The van der Waals surface area contributed by atoms with E-state index in [1.165, 1.54) is 5.56 Å². The van der Waals surface area contributed by atoms with Crippen molar-refractivity contribution >= 4 is 29.9 Å². The Morgan fingerprint density at radius 1 is 1.36 bits per heavy atom. The first-order valence-corrected chi connectivity index (χ1v) is 9.67. The predicted molar refractivity (Wildman–Crippen MR) is 123 cm³/mol. The third-order valence-electron chi connectivity index (χ3n) is 4.79. The molecule has 0 bridgehead atoms. The van der Waals surface area contributed by atoms with Crippen molar-refractivity contribution in [2.24, 2.45) is 4.99 Å². The fourth-order valence-corrected chi connectivity index (χ4v) is 3.38. The van der Waals surface area contributed by atoms with Gasteiger partial charge in [0.1, 0.15) is 17.4 Å². The molecule has 1 aliphatic heterocycles. The van der Waals surface area contributed by atoms with Crippen LogP contribution in [-0.4, -0.2) is 47.0 Å². The van der Waals surface area contributed by atoms with Crippen LogP contribution in [0.25, 0.3) is 0 Å². The molecular weight excluding hydrogens is 467 g/mol. The number of guanidine groups is 1. The maximum Gasteiger partial charge on any atom is 0.191 e. The van der Waals surface area contributed by atoms with Gasteiger partial charge in [0.15, 0.2) is 5.96 Å². The van der Waals surface area contributed by atoms with Crippen LogP contribution in [0.3, 0.4) is 0 Å². The largest absolute Gasteiger partial charge is 0.496 e. The van der Waals surface area contributed by atoms with Crippen LogP contribution in [0.1, 0.15) is 36.1 Å². The predicted octanol–water partition coefficient (Wildman–Crippen LogP) is 2.63. The van der Waals surface area contributed by atoms with E-state index in [0.717, 1.165) is 67.8 Å². The molecule has 0 amide bonds. The molecular formula is C20H31IN6O. The molecule has 0 fully saturated rings. The number of rotatable bonds is 6. The lowest BCUT2D eigenvalue weighted by Crippen LogP contribution is -2.47. The van der Waals surface area contributed by atoms with E-state index >= 15 is 0 Å². The smallest absolute Gasteiger partial charge is 0.191 e. The summed E-state index contributed by atoms with van der Waals surface area (Å²) >= 11 is 0. The monoisotopic (exact) mass is 498 g/mol. The molecule has 1 unspecified atom stereocenters. The number of fused-ring (bicyclic) bond motifs is 1. The summed E-state index contributed by atoms with van der Waals surface area (Å²) in [6.45, 7) is 8.48. The van der Waals surface area contributed by atoms with Crippen LogP contribution in [0.5, 0.6) is 5.75 Å². The van der Waals surface area contributed by atoms with Gasteiger partial charge in [-0.05, 0) is 50.8 Å². The standard InChI is InChI=1S/C20H30N6O.HI/c1-5-21-20(22-11-10-16-7-6-14(2)18(12-16)27-4)24-17-8-9-19-23-15(3)25-26(19)13-17;/h6-7,12,17H,5,8-11,13H2,1-4H3,(H2,21,22,24);1H. The fourth-order valence-electron chi connectivity index (χ4n) is 3.38. The van der Waals surface area contributed by atoms with Gasteiger partial charge in [0, 0.05) is 25.6 Å². The summed E-state index contributed by atoms with van der Waals surface area (Å²) in [4.78, 5) is 9.22. The molecule has 3 rings (SSSR count). The fraction of sp³-hybridized carbons (Fsp3) is 0.550. The first kappa shape index (κ1) is 22.4. The zero-order valence-electron chi connectivity index (χ0n) is 17.2. The molecule has 1 atom stereocenters. The average Bonchev–Trinajstić information content (AvgIpc) is 3.02. The molecule has 7 nitrogen and oxygen atoms in total. The quantitative estimate of drug-likeness (QED) is 0.364. The van der Waals surface area contributed by atoms with Crippen LogP contribution in [0.15, 0.2) is 23.2 Å². The Labute approximate surface area is 184 Å². The number of hydrogen-bond acceptors (Lipinski definition) is 4. The van der Waals surface area contributed by atoms with Gasteiger partial charge in [0.25, 0.3) is 0 Å². The summed E-state index contributed by atoms with van der Waals surface area (Å²) in [7, 11) is 1.71. The summed E-state index contributed by atoms with van der Waals surface area (Å²) in [5.74, 6) is 3.73. The number of benzene rings is 1. The molecule has 0 saturated carbocycles. The molecule has 1 aromatic carbocycles. The van der Waals surface area contributed by atoms with Gasteiger partial charge in [0.05, 0.1) is 13.7 Å². The second-order valence-corrected chi connectivity index (χ2v) is 6.95. The van der Waals surface area contributed by atoms with E-state index in [2.05, 4.69) is 52.8 Å². The summed E-state index contributed by atoms with van der Waals surface area (Å²) in [5, 5.41) is 11.4. The van der Waals surface area contributed by atoms with E-state index in [1.54, 1.807) is 7.11 Å². The summed E-state index contributed by atoms with van der Waals surface area (Å²) in [5.41, 5.74) is 2.39. The van der Waals surface area contributed by atoms with Crippen molar-refractivity contribution in [3.8, 4) is 5.75 Å². The van der Waals surface area contributed by atoms with E-state index < -0.39 is 0 Å². The summed E-state index contributed by atoms with van der Waals surface area (Å²) in [6, 6.07) is 6.65. The van der Waals surface area contributed by atoms with E-state index in [4.69, 9.17) is 9.73 Å². The Morgan fingerprint density at radius 3 is 2.93 bits per heavy atom. The molecule has 2 heterocycles. The Morgan fingerprint density at radius 2 is 2.18 bits per heavy atom. The van der Waals surface area contributed by atoms with Crippen molar-refractivity contribution in [3.05, 3.63) is 41.0 Å². The zero-order chi connectivity index (χ0) is 19.2. The topological polar surface area (TPSA) is 76.4 Å². The van der Waals surface area contributed by atoms with Gasteiger partial charge >= 0.3 is 0 Å². The molecule has 0 spiro atoms. The van der Waals surface area contributed by atoms with Crippen molar-refractivity contribution in [1.29, 1.82) is 0 Å². The Kier molecular flexibility index (Phi) is 8.53. The van der Waals surface area contributed by atoms with Crippen LogP contribution >= 0.6 is 24.0 Å². The number of nitrogens with one attached hydrogen (secondary N) is 2. The minimum atomic E-state index is 0. The molecule has 2 aromatic rings. The van der Waals surface area contributed by atoms with Crippen molar-refractivity contribution in [3.63, 3.8) is 0 Å². The molecule has 0 radical (unpaired) electrons. The number of methoxy groups -OCH3 is 1. The molecule has 2 N–H and O–H groups in total. The Balaban J connectivity index is 0.00000280. The second kappa shape index (κ2) is 10.6. The first-order chi connectivity index (χ1) is 13.1. The molecule has 0 aliphatic carbocycles. The lowest BCUT2D eigenvalue weighted by atomic mass is 10.1. The number of ether oxygens (including phenoxy) is 1. The number of aromatic nitrogens is 3. The number of hydrogen-bond donors (Lipinski definition) is 2. The Bertz CT molecular complexity index is 804. The van der Waals surface area contributed by atoms with Crippen LogP contribution in [-0.2, 0) is 19.4 Å². The lowest BCUT2D eigenvalue weighted by Gasteiger charge is -2.25. The second-order valence-electron chi connectivity index (χ2n) is 6.95. The average molecular weight is 498 g/mol. The van der Waals surface area contributed by atoms with Crippen LogP contribution in [0, 0.1) is 13.8 Å². The number of aryl methyl sites for hydroxylation is 3. The van der Waals surface area contributed by atoms with Crippen LogP contribution in [0.2, 0.25) is 0 Å². The molecule has 154 valence electrons. The molecule has 1 aliphatic rings. The zero-order valence-corrected chi connectivity index (χ0v) is 19.5. The van der Waals surface area contributed by atoms with E-state index in [0.29, 0.717) is 6.04 Å². The third kappa shape index (κ3) is 5.83. The Hall–Kier alpha value is -1.84. The van der Waals surface area contributed by atoms with E-state index in [9.17, 15) is 0 Å². The van der Waals surface area contributed by atoms with Crippen molar-refractivity contribution in [2.45, 2.75) is 52.6 Å². The minimum Gasteiger partial charge on any atom is -0.496 e. The van der Waals surface area contributed by atoms with Gasteiger partial charge < -0.3 is 15.4 Å². The van der Waals surface area contributed by atoms with Gasteiger partial charge in [-0.25, -0.2) is 9.67 Å². The lowest BCUT2D eigenvalue weighted by molar-refractivity contribution is 0.392. The van der Waals surface area contributed by atoms with Gasteiger partial charge in [0.2, 0.25) is 0 Å². The number of aliphatic imine (C=N–C) groups is 1. The van der Waals surface area contributed by atoms with Crippen molar-refractivity contribution < 1.29 is 4.74 Å². The molecule has 28 heavy (non-hydrogen) atoms. The van der Waals surface area contributed by atoms with E-state index in [-0.39, 0.29) is 24.0 Å². The molecule has 0 saturated heterocycles. The maximum atomic E-state index is 5.41. The SMILES string of the molecule is CCNC(=NCCc1ccc(C)c(OC)c1)NC1CCc2nc(C)nn2C1.I. The summed E-state index contributed by atoms with van der Waals surface area (Å²) in [6.07, 6.45) is 2.86. The number of halogens is 1. The van der Waals surface area contributed by atoms with Crippen molar-refractivity contribution in [2.75, 3.05) is 20.2 Å². The summed E-state index contributed by atoms with van der Waals surface area (Å²) < 4.78 is 7.42. The van der Waals surface area contributed by atoms with Gasteiger partial charge in [-0.3, -0.25) is 4.99 Å². The normalized spacial score (nSPS) is 16.1. The minimum absolute atomic E-state index is 0. The van der Waals surface area contributed by atoms with Crippen LogP contribution < -0.4 is 15.4 Å².